The van der Waals surface area contributed by atoms with Gasteiger partial charge in [-0.3, -0.25) is 0 Å². The van der Waals surface area contributed by atoms with E-state index in [1.54, 1.807) is 18.2 Å². The van der Waals surface area contributed by atoms with Crippen molar-refractivity contribution < 1.29 is 24.1 Å². The predicted octanol–water partition coefficient (Wildman–Crippen LogP) is 4.75. The highest BCUT2D eigenvalue weighted by atomic mass is 16.5. The number of carboxylic acids is 1. The van der Waals surface area contributed by atoms with Crippen LogP contribution in [0.4, 0.5) is 0 Å². The van der Waals surface area contributed by atoms with Gasteiger partial charge in [-0.15, -0.1) is 0 Å². The molecule has 2 aromatic carbocycles. The minimum absolute atomic E-state index is 0.0309. The average molecular weight is 392 g/mol. The Morgan fingerprint density at radius 2 is 1.66 bits per heavy atom. The summed E-state index contributed by atoms with van der Waals surface area (Å²) in [5.41, 5.74) is 2.05. The molecule has 1 aromatic heterocycles. The SMILES string of the molecule is CO/C=C(/C(=O)O)c1cccc(C)c1Oc1cc(Oc2ccccc2C)ncn1. The molecular formula is C22H20N2O5. The molecule has 1 heterocycles. The van der Waals surface area contributed by atoms with E-state index in [1.807, 2.05) is 44.2 Å². The van der Waals surface area contributed by atoms with Crippen molar-refractivity contribution in [1.29, 1.82) is 0 Å². The van der Waals surface area contributed by atoms with E-state index >= 15 is 0 Å². The maximum atomic E-state index is 11.6. The van der Waals surface area contributed by atoms with Gasteiger partial charge in [-0.2, -0.15) is 0 Å². The summed E-state index contributed by atoms with van der Waals surface area (Å²) in [7, 11) is 1.39. The monoisotopic (exact) mass is 392 g/mol. The molecule has 29 heavy (non-hydrogen) atoms. The third-order valence-corrected chi connectivity index (χ3v) is 4.10. The number of para-hydroxylation sites is 2. The first-order valence-electron chi connectivity index (χ1n) is 8.79. The van der Waals surface area contributed by atoms with Gasteiger partial charge in [0.15, 0.2) is 0 Å². The van der Waals surface area contributed by atoms with Gasteiger partial charge in [-0.05, 0) is 31.0 Å². The highest BCUT2D eigenvalue weighted by Crippen LogP contribution is 2.34. The molecule has 0 bridgehead atoms. The largest absolute Gasteiger partial charge is 0.503 e. The number of carboxylic acid groups (broad SMARTS) is 1. The van der Waals surface area contributed by atoms with Crippen molar-refractivity contribution >= 4 is 11.5 Å². The van der Waals surface area contributed by atoms with Crippen molar-refractivity contribution in [2.45, 2.75) is 13.8 Å². The Kier molecular flexibility index (Phi) is 6.09. The number of carbonyl (C=O) groups is 1. The third kappa shape index (κ3) is 4.70. The summed E-state index contributed by atoms with van der Waals surface area (Å²) >= 11 is 0. The van der Waals surface area contributed by atoms with Crippen molar-refractivity contribution in [3.05, 3.63) is 77.8 Å². The minimum atomic E-state index is -1.13. The Labute approximate surface area is 168 Å². The zero-order valence-electron chi connectivity index (χ0n) is 16.2. The summed E-state index contributed by atoms with van der Waals surface area (Å²) in [5.74, 6) is 0.434. The molecule has 0 amide bonds. The van der Waals surface area contributed by atoms with E-state index in [9.17, 15) is 9.90 Å². The quantitative estimate of drug-likeness (QED) is 0.458. The van der Waals surface area contributed by atoms with Crippen LogP contribution in [0.15, 0.2) is 61.1 Å². The van der Waals surface area contributed by atoms with Crippen molar-refractivity contribution in [2.75, 3.05) is 7.11 Å². The predicted molar refractivity (Wildman–Crippen MR) is 107 cm³/mol. The van der Waals surface area contributed by atoms with Crippen molar-refractivity contribution in [3.63, 3.8) is 0 Å². The number of nitrogens with zero attached hydrogens (tertiary/aromatic N) is 2. The zero-order chi connectivity index (χ0) is 20.8. The number of hydrogen-bond acceptors (Lipinski definition) is 6. The Bertz CT molecular complexity index is 1060. The van der Waals surface area contributed by atoms with Gasteiger partial charge in [-0.1, -0.05) is 36.4 Å². The molecule has 0 aliphatic carbocycles. The van der Waals surface area contributed by atoms with E-state index in [-0.39, 0.29) is 11.5 Å². The van der Waals surface area contributed by atoms with Gasteiger partial charge in [0, 0.05) is 5.56 Å². The molecule has 0 aliphatic heterocycles. The molecule has 0 saturated heterocycles. The smallest absolute Gasteiger partial charge is 0.339 e. The number of hydrogen-bond donors (Lipinski definition) is 1. The lowest BCUT2D eigenvalue weighted by molar-refractivity contribution is -0.130. The van der Waals surface area contributed by atoms with Gasteiger partial charge in [0.1, 0.15) is 23.4 Å². The lowest BCUT2D eigenvalue weighted by Gasteiger charge is -2.14. The third-order valence-electron chi connectivity index (χ3n) is 4.10. The van der Waals surface area contributed by atoms with Crippen LogP contribution >= 0.6 is 0 Å². The highest BCUT2D eigenvalue weighted by molar-refractivity contribution is 6.16. The molecule has 148 valence electrons. The highest BCUT2D eigenvalue weighted by Gasteiger charge is 2.19. The molecule has 0 radical (unpaired) electrons. The number of benzene rings is 2. The summed E-state index contributed by atoms with van der Waals surface area (Å²) in [4.78, 5) is 19.9. The maximum absolute atomic E-state index is 11.6. The first-order valence-corrected chi connectivity index (χ1v) is 8.79. The number of rotatable bonds is 7. The second-order valence-electron chi connectivity index (χ2n) is 6.19. The van der Waals surface area contributed by atoms with Crippen LogP contribution in [-0.4, -0.2) is 28.2 Å². The Balaban J connectivity index is 1.94. The van der Waals surface area contributed by atoms with Gasteiger partial charge in [0.2, 0.25) is 11.8 Å². The van der Waals surface area contributed by atoms with E-state index in [4.69, 9.17) is 14.2 Å². The van der Waals surface area contributed by atoms with Crippen LogP contribution < -0.4 is 9.47 Å². The summed E-state index contributed by atoms with van der Waals surface area (Å²) in [6.45, 7) is 3.75. The van der Waals surface area contributed by atoms with Crippen LogP contribution in [0.25, 0.3) is 5.57 Å². The number of aromatic nitrogens is 2. The summed E-state index contributed by atoms with van der Waals surface area (Å²) in [5, 5.41) is 9.52. The van der Waals surface area contributed by atoms with Crippen LogP contribution in [0.2, 0.25) is 0 Å². The lowest BCUT2D eigenvalue weighted by Crippen LogP contribution is -2.04. The number of ether oxygens (including phenoxy) is 3. The molecule has 3 aromatic rings. The summed E-state index contributed by atoms with van der Waals surface area (Å²) < 4.78 is 16.7. The molecule has 3 rings (SSSR count). The normalized spacial score (nSPS) is 11.1. The Morgan fingerprint density at radius 3 is 2.34 bits per heavy atom. The van der Waals surface area contributed by atoms with Crippen LogP contribution in [0, 0.1) is 13.8 Å². The number of aryl methyl sites for hydroxylation is 2. The van der Waals surface area contributed by atoms with Gasteiger partial charge in [-0.25, -0.2) is 14.8 Å². The van der Waals surface area contributed by atoms with E-state index in [2.05, 4.69) is 9.97 Å². The fourth-order valence-electron chi connectivity index (χ4n) is 2.67. The van der Waals surface area contributed by atoms with Crippen LogP contribution in [0.1, 0.15) is 16.7 Å². The zero-order valence-corrected chi connectivity index (χ0v) is 16.2. The summed E-state index contributed by atoms with van der Waals surface area (Å²) in [6.07, 6.45) is 2.49. The molecule has 0 fully saturated rings. The van der Waals surface area contributed by atoms with Gasteiger partial charge in [0.25, 0.3) is 0 Å². The second kappa shape index (κ2) is 8.88. The Morgan fingerprint density at radius 1 is 0.966 bits per heavy atom. The standard InChI is InChI=1S/C22H20N2O5/c1-14-7-4-5-10-18(14)28-19-11-20(24-13-23-19)29-21-15(2)8-6-9-16(21)17(12-27-3)22(25)26/h4-13H,1-3H3,(H,25,26)/b17-12+. The molecule has 1 N–H and O–H groups in total. The van der Waals surface area contributed by atoms with Gasteiger partial charge in [0.05, 0.1) is 19.4 Å². The van der Waals surface area contributed by atoms with Crippen LogP contribution in [0.5, 0.6) is 23.3 Å². The fourth-order valence-corrected chi connectivity index (χ4v) is 2.67. The molecule has 0 unspecified atom stereocenters. The first kappa shape index (κ1) is 19.9. The van der Waals surface area contributed by atoms with E-state index in [0.29, 0.717) is 22.9 Å². The lowest BCUT2D eigenvalue weighted by atomic mass is 10.0. The molecule has 7 heteroatoms. The minimum Gasteiger partial charge on any atom is -0.503 e. The van der Waals surface area contributed by atoms with E-state index < -0.39 is 5.97 Å². The van der Waals surface area contributed by atoms with Crippen LogP contribution in [0.3, 0.4) is 0 Å². The van der Waals surface area contributed by atoms with Crippen molar-refractivity contribution in [2.24, 2.45) is 0 Å². The van der Waals surface area contributed by atoms with Crippen molar-refractivity contribution in [1.82, 2.24) is 9.97 Å². The molecule has 7 nitrogen and oxygen atoms in total. The fraction of sp³-hybridized carbons (Fsp3) is 0.136. The van der Waals surface area contributed by atoms with Gasteiger partial charge >= 0.3 is 5.97 Å². The topological polar surface area (TPSA) is 90.8 Å². The molecule has 0 aliphatic rings. The molecule has 0 saturated carbocycles. The molecular weight excluding hydrogens is 372 g/mol. The summed E-state index contributed by atoms with van der Waals surface area (Å²) in [6, 6.07) is 14.3. The molecule has 0 spiro atoms. The van der Waals surface area contributed by atoms with Crippen LogP contribution in [-0.2, 0) is 9.53 Å². The average Bonchev–Trinajstić information content (AvgIpc) is 2.70. The number of aliphatic carboxylic acids is 1. The maximum Gasteiger partial charge on any atom is 0.339 e. The molecule has 0 atom stereocenters. The Hall–Kier alpha value is -3.87. The number of methoxy groups -OCH3 is 1. The van der Waals surface area contributed by atoms with E-state index in [1.165, 1.54) is 13.4 Å². The second-order valence-corrected chi connectivity index (χ2v) is 6.19. The van der Waals surface area contributed by atoms with Crippen molar-refractivity contribution in [3.8, 4) is 23.3 Å². The first-order chi connectivity index (χ1) is 14.0. The van der Waals surface area contributed by atoms with E-state index in [0.717, 1.165) is 17.4 Å². The van der Waals surface area contributed by atoms with Gasteiger partial charge < -0.3 is 19.3 Å².